The van der Waals surface area contributed by atoms with Crippen molar-refractivity contribution < 1.29 is 9.59 Å². The summed E-state index contributed by atoms with van der Waals surface area (Å²) in [6.45, 7) is 0. The molecule has 50 heavy (non-hydrogen) atoms. The van der Waals surface area contributed by atoms with Gasteiger partial charge in [0.2, 0.25) is 11.8 Å². The molecule has 0 fully saturated rings. The fraction of sp³-hybridized carbons (Fsp3) is 0.136. The normalized spacial score (nSPS) is 12.3. The van der Waals surface area contributed by atoms with E-state index in [9.17, 15) is 9.59 Å². The first-order valence-corrected chi connectivity index (χ1v) is 20.1. The molecule has 0 saturated carbocycles. The summed E-state index contributed by atoms with van der Waals surface area (Å²) in [5.74, 6) is -0.0739. The van der Waals surface area contributed by atoms with Crippen molar-refractivity contribution in [3.05, 3.63) is 193 Å². The Balaban J connectivity index is 1.22. The average Bonchev–Trinajstić information content (AvgIpc) is 3.19. The van der Waals surface area contributed by atoms with Crippen molar-refractivity contribution in [2.45, 2.75) is 24.9 Å². The fourth-order valence-electron chi connectivity index (χ4n) is 6.20. The summed E-state index contributed by atoms with van der Waals surface area (Å²) in [6, 6.07) is 61.0. The minimum absolute atomic E-state index is 0.0370. The third-order valence-corrected chi connectivity index (χ3v) is 13.7. The van der Waals surface area contributed by atoms with Crippen molar-refractivity contribution in [2.24, 2.45) is 0 Å². The van der Waals surface area contributed by atoms with Gasteiger partial charge >= 0.3 is 0 Å². The van der Waals surface area contributed by atoms with E-state index in [4.69, 9.17) is 0 Å². The number of nitrogens with one attached hydrogen (secondary N) is 2. The lowest BCUT2D eigenvalue weighted by molar-refractivity contribution is -0.124. The molecule has 0 aliphatic heterocycles. The molecule has 0 saturated heterocycles. The average molecular weight is 693 g/mol. The second-order valence-electron chi connectivity index (χ2n) is 12.1. The van der Waals surface area contributed by atoms with E-state index < -0.39 is 27.9 Å². The molecule has 0 spiro atoms. The van der Waals surface area contributed by atoms with Gasteiger partial charge in [-0.05, 0) is 60.5 Å². The zero-order chi connectivity index (χ0) is 34.4. The first-order valence-electron chi connectivity index (χ1n) is 17.1. The molecule has 0 heterocycles. The van der Waals surface area contributed by atoms with Crippen LogP contribution in [0.3, 0.4) is 0 Å². The summed E-state index contributed by atoms with van der Waals surface area (Å²) in [7, 11) is -1.43. The van der Waals surface area contributed by atoms with Gasteiger partial charge in [-0.2, -0.15) is 0 Å². The second-order valence-corrected chi connectivity index (χ2v) is 16.7. The SMILES string of the molecule is O=C(CCP(c1ccccc1)c1ccccc1)N[C@H](c1ccccc1)[C@H](NC(=O)CCP(c1ccccc1)c1ccccc1)c1ccccc1. The molecule has 6 heteroatoms. The van der Waals surface area contributed by atoms with Crippen LogP contribution in [0.2, 0.25) is 0 Å². The maximum Gasteiger partial charge on any atom is 0.220 e. The van der Waals surface area contributed by atoms with Gasteiger partial charge in [-0.3, -0.25) is 9.59 Å². The number of carbonyl (C=O) groups is 2. The first-order chi connectivity index (χ1) is 24.7. The van der Waals surface area contributed by atoms with Crippen LogP contribution in [0, 0.1) is 0 Å². The van der Waals surface area contributed by atoms with Crippen molar-refractivity contribution in [2.75, 3.05) is 12.3 Å². The molecule has 0 bridgehead atoms. The first kappa shape index (κ1) is 35.0. The Bertz CT molecular complexity index is 1670. The Kier molecular flexibility index (Phi) is 12.7. The summed E-state index contributed by atoms with van der Waals surface area (Å²) in [5, 5.41) is 11.8. The van der Waals surface area contributed by atoms with Crippen LogP contribution in [-0.4, -0.2) is 24.1 Å². The van der Waals surface area contributed by atoms with Crippen LogP contribution in [0.4, 0.5) is 0 Å². The Morgan fingerprint density at radius 3 is 0.880 bits per heavy atom. The molecule has 6 aromatic rings. The molecular weight excluding hydrogens is 650 g/mol. The Hall–Kier alpha value is -4.88. The molecule has 2 amide bonds. The van der Waals surface area contributed by atoms with E-state index in [0.717, 1.165) is 23.5 Å². The maximum atomic E-state index is 13.9. The predicted octanol–water partition coefficient (Wildman–Crippen LogP) is 7.75. The topological polar surface area (TPSA) is 58.2 Å². The summed E-state index contributed by atoms with van der Waals surface area (Å²) in [6.07, 6.45) is 2.18. The van der Waals surface area contributed by atoms with Crippen LogP contribution in [0.15, 0.2) is 182 Å². The highest BCUT2D eigenvalue weighted by atomic mass is 31.1. The molecule has 6 aromatic carbocycles. The van der Waals surface area contributed by atoms with Crippen molar-refractivity contribution >= 4 is 48.9 Å². The van der Waals surface area contributed by atoms with E-state index in [-0.39, 0.29) is 11.8 Å². The standard InChI is InChI=1S/C44H42N2O2P2/c47-41(31-33-49(37-23-11-3-12-24-37)38-25-13-4-14-26-38)45-43(35-19-7-1-8-20-35)44(36-21-9-2-10-22-36)46-42(48)32-34-50(39-27-15-5-16-28-39)40-29-17-6-18-30-40/h1-30,43-44H,31-34H2,(H,45,47)(H,46,48)/t43-,44-/m1/s1. The molecule has 250 valence electrons. The monoisotopic (exact) mass is 692 g/mol. The van der Waals surface area contributed by atoms with E-state index in [1.165, 1.54) is 21.2 Å². The van der Waals surface area contributed by atoms with Crippen LogP contribution >= 0.6 is 15.8 Å². The smallest absolute Gasteiger partial charge is 0.220 e. The lowest BCUT2D eigenvalue weighted by Crippen LogP contribution is -2.41. The quantitative estimate of drug-likeness (QED) is 0.108. The van der Waals surface area contributed by atoms with Crippen LogP contribution in [0.5, 0.6) is 0 Å². The summed E-state index contributed by atoms with van der Waals surface area (Å²) in [5.41, 5.74) is 1.89. The zero-order valence-electron chi connectivity index (χ0n) is 28.0. The lowest BCUT2D eigenvalue weighted by atomic mass is 9.93. The van der Waals surface area contributed by atoms with Gasteiger partial charge in [-0.25, -0.2) is 0 Å². The van der Waals surface area contributed by atoms with Gasteiger partial charge in [-0.1, -0.05) is 182 Å². The van der Waals surface area contributed by atoms with Crippen molar-refractivity contribution in [3.8, 4) is 0 Å². The summed E-state index contributed by atoms with van der Waals surface area (Å²) < 4.78 is 0. The van der Waals surface area contributed by atoms with E-state index in [1.54, 1.807) is 0 Å². The predicted molar refractivity (Wildman–Crippen MR) is 212 cm³/mol. The van der Waals surface area contributed by atoms with Crippen LogP contribution in [-0.2, 0) is 9.59 Å². The molecule has 2 N–H and O–H groups in total. The molecule has 2 atom stereocenters. The number of rotatable bonds is 15. The second kappa shape index (κ2) is 18.2. The van der Waals surface area contributed by atoms with Gasteiger partial charge in [0.15, 0.2) is 0 Å². The minimum atomic E-state index is -0.714. The minimum Gasteiger partial charge on any atom is -0.347 e. The van der Waals surface area contributed by atoms with Gasteiger partial charge in [0.1, 0.15) is 0 Å². The Morgan fingerprint density at radius 1 is 0.380 bits per heavy atom. The molecule has 6 rings (SSSR count). The van der Waals surface area contributed by atoms with E-state index in [2.05, 4.69) is 108 Å². The molecule has 0 radical (unpaired) electrons. The van der Waals surface area contributed by atoms with Crippen molar-refractivity contribution in [3.63, 3.8) is 0 Å². The van der Waals surface area contributed by atoms with Gasteiger partial charge in [0.05, 0.1) is 12.1 Å². The van der Waals surface area contributed by atoms with E-state index in [1.807, 2.05) is 84.9 Å². The van der Waals surface area contributed by atoms with E-state index in [0.29, 0.717) is 12.8 Å². The van der Waals surface area contributed by atoms with Gasteiger partial charge in [-0.15, -0.1) is 0 Å². The number of hydrogen-bond acceptors (Lipinski definition) is 2. The third-order valence-electron chi connectivity index (χ3n) is 8.68. The van der Waals surface area contributed by atoms with Crippen LogP contribution in [0.1, 0.15) is 36.1 Å². The van der Waals surface area contributed by atoms with Crippen LogP contribution < -0.4 is 31.9 Å². The van der Waals surface area contributed by atoms with Gasteiger partial charge in [0.25, 0.3) is 0 Å². The molecule has 0 aliphatic rings. The van der Waals surface area contributed by atoms with Crippen LogP contribution in [0.25, 0.3) is 0 Å². The molecule has 0 aromatic heterocycles. The van der Waals surface area contributed by atoms with Gasteiger partial charge in [0, 0.05) is 12.8 Å². The molecular formula is C44H42N2O2P2. The Morgan fingerprint density at radius 2 is 0.620 bits per heavy atom. The maximum absolute atomic E-state index is 13.9. The summed E-state index contributed by atoms with van der Waals surface area (Å²) in [4.78, 5) is 27.9. The number of carbonyl (C=O) groups excluding carboxylic acids is 2. The van der Waals surface area contributed by atoms with E-state index >= 15 is 0 Å². The molecule has 0 aliphatic carbocycles. The largest absolute Gasteiger partial charge is 0.347 e. The highest BCUT2D eigenvalue weighted by Gasteiger charge is 2.29. The van der Waals surface area contributed by atoms with Crippen molar-refractivity contribution in [1.82, 2.24) is 10.6 Å². The molecule has 4 nitrogen and oxygen atoms in total. The number of hydrogen-bond donors (Lipinski definition) is 2. The molecule has 0 unspecified atom stereocenters. The lowest BCUT2D eigenvalue weighted by Gasteiger charge is -2.30. The fourth-order valence-corrected chi connectivity index (χ4v) is 10.8. The van der Waals surface area contributed by atoms with Crippen molar-refractivity contribution in [1.29, 1.82) is 0 Å². The zero-order valence-corrected chi connectivity index (χ0v) is 29.8. The summed E-state index contributed by atoms with van der Waals surface area (Å²) >= 11 is 0. The highest BCUT2D eigenvalue weighted by Crippen LogP contribution is 2.36. The third kappa shape index (κ3) is 9.63. The van der Waals surface area contributed by atoms with Gasteiger partial charge < -0.3 is 10.6 Å². The number of amides is 2. The number of benzene rings is 6. The Labute approximate surface area is 298 Å². The highest BCUT2D eigenvalue weighted by molar-refractivity contribution is 7.73.